The molecule has 1 saturated heterocycles. The molecule has 2 rings (SSSR count). The normalized spacial score (nSPS) is 31.8. The van der Waals surface area contributed by atoms with Crippen molar-refractivity contribution >= 4 is 0 Å². The fourth-order valence-electron chi connectivity index (χ4n) is 1.75. The van der Waals surface area contributed by atoms with E-state index in [9.17, 15) is 19.8 Å². The van der Waals surface area contributed by atoms with E-state index in [-0.39, 0.29) is 5.69 Å². The molecule has 4 atom stereocenters. The van der Waals surface area contributed by atoms with Gasteiger partial charge in [-0.25, -0.2) is 4.79 Å². The van der Waals surface area contributed by atoms with Crippen LogP contribution in [0.3, 0.4) is 0 Å². The topological polar surface area (TPSA) is 138 Å². The van der Waals surface area contributed by atoms with Gasteiger partial charge in [-0.15, -0.1) is 0 Å². The van der Waals surface area contributed by atoms with Gasteiger partial charge in [-0.2, -0.15) is 9.78 Å². The van der Waals surface area contributed by atoms with Gasteiger partial charge >= 0.3 is 5.69 Å². The Kier molecular flexibility index (Phi) is 3.30. The van der Waals surface area contributed by atoms with Crippen LogP contribution in [0.5, 0.6) is 0 Å². The van der Waals surface area contributed by atoms with E-state index in [1.165, 1.54) is 6.92 Å². The number of nitrogens with one attached hydrogen (secondary N) is 1. The van der Waals surface area contributed by atoms with Crippen molar-refractivity contribution in [3.63, 3.8) is 0 Å². The number of aryl methyl sites for hydroxylation is 1. The number of nitrogens with zero attached hydrogens (tertiary/aromatic N) is 2. The van der Waals surface area contributed by atoms with Crippen molar-refractivity contribution in [2.45, 2.75) is 31.5 Å². The first-order valence-electron chi connectivity index (χ1n) is 5.28. The van der Waals surface area contributed by atoms with Crippen LogP contribution in [0.4, 0.5) is 0 Å². The molecular formula is C9H13N3O6. The lowest BCUT2D eigenvalue weighted by atomic mass is 10.1. The molecule has 4 N–H and O–H groups in total. The minimum atomic E-state index is -1.42. The molecule has 0 aliphatic carbocycles. The predicted molar refractivity (Wildman–Crippen MR) is 56.9 cm³/mol. The average Bonchev–Trinajstić information content (AvgIpc) is 2.61. The molecule has 1 aliphatic heterocycles. The van der Waals surface area contributed by atoms with Crippen molar-refractivity contribution in [2.24, 2.45) is 0 Å². The second-order valence-corrected chi connectivity index (χ2v) is 4.02. The van der Waals surface area contributed by atoms with Crippen LogP contribution in [-0.4, -0.2) is 55.0 Å². The number of aliphatic hydroxyl groups is 3. The lowest BCUT2D eigenvalue weighted by molar-refractivity contribution is -0.0620. The van der Waals surface area contributed by atoms with Gasteiger partial charge in [-0.1, -0.05) is 0 Å². The zero-order valence-electron chi connectivity index (χ0n) is 9.48. The minimum Gasteiger partial charge on any atom is -0.394 e. The molecule has 1 aromatic rings. The third-order valence-corrected chi connectivity index (χ3v) is 2.77. The lowest BCUT2D eigenvalue weighted by Gasteiger charge is -2.15. The third-order valence-electron chi connectivity index (χ3n) is 2.77. The first-order chi connectivity index (χ1) is 8.45. The summed E-state index contributed by atoms with van der Waals surface area (Å²) in [5, 5.41) is 31.9. The summed E-state index contributed by atoms with van der Waals surface area (Å²) in [5.41, 5.74) is -1.48. The summed E-state index contributed by atoms with van der Waals surface area (Å²) in [5.74, 6) is 0. The van der Waals surface area contributed by atoms with Crippen molar-refractivity contribution in [2.75, 3.05) is 6.61 Å². The fraction of sp³-hybridized carbons (Fsp3) is 0.667. The molecule has 0 radical (unpaired) electrons. The molecule has 0 spiro atoms. The SMILES string of the molecule is Cc1nn(C2O[C@H](CO)[C@@H](O)[C@H]2O)c(=O)[nH]c1=O. The molecule has 1 aromatic heterocycles. The summed E-state index contributed by atoms with van der Waals surface area (Å²) in [6, 6.07) is 0. The van der Waals surface area contributed by atoms with E-state index >= 15 is 0 Å². The number of aromatic amines is 1. The summed E-state index contributed by atoms with van der Waals surface area (Å²) >= 11 is 0. The van der Waals surface area contributed by atoms with Crippen molar-refractivity contribution in [1.82, 2.24) is 14.8 Å². The number of hydrogen-bond acceptors (Lipinski definition) is 7. The molecule has 1 unspecified atom stereocenters. The Hall–Kier alpha value is -1.55. The van der Waals surface area contributed by atoms with Crippen LogP contribution in [0.2, 0.25) is 0 Å². The molecule has 100 valence electrons. The Morgan fingerprint density at radius 1 is 1.39 bits per heavy atom. The van der Waals surface area contributed by atoms with Crippen molar-refractivity contribution in [3.05, 3.63) is 26.5 Å². The molecule has 0 aromatic carbocycles. The largest absolute Gasteiger partial charge is 0.394 e. The van der Waals surface area contributed by atoms with Gasteiger partial charge in [0, 0.05) is 0 Å². The maximum Gasteiger partial charge on any atom is 0.347 e. The van der Waals surface area contributed by atoms with Crippen molar-refractivity contribution < 1.29 is 20.1 Å². The number of aliphatic hydroxyl groups excluding tert-OH is 3. The minimum absolute atomic E-state index is 0.0207. The van der Waals surface area contributed by atoms with E-state index in [4.69, 9.17) is 9.84 Å². The van der Waals surface area contributed by atoms with E-state index in [0.29, 0.717) is 0 Å². The number of aromatic nitrogens is 3. The van der Waals surface area contributed by atoms with E-state index < -0.39 is 42.4 Å². The number of ether oxygens (including phenoxy) is 1. The highest BCUT2D eigenvalue weighted by molar-refractivity contribution is 4.92. The van der Waals surface area contributed by atoms with Crippen LogP contribution >= 0.6 is 0 Å². The molecule has 0 bridgehead atoms. The van der Waals surface area contributed by atoms with Gasteiger partial charge < -0.3 is 20.1 Å². The van der Waals surface area contributed by atoms with Crippen LogP contribution in [0.15, 0.2) is 9.59 Å². The molecule has 1 aliphatic rings. The quantitative estimate of drug-likeness (QED) is 0.440. The summed E-state index contributed by atoms with van der Waals surface area (Å²) in [6.07, 6.45) is -5.01. The molecule has 1 fully saturated rings. The Morgan fingerprint density at radius 3 is 2.61 bits per heavy atom. The highest BCUT2D eigenvalue weighted by Gasteiger charge is 2.44. The van der Waals surface area contributed by atoms with Crippen LogP contribution in [-0.2, 0) is 4.74 Å². The molecule has 2 heterocycles. The van der Waals surface area contributed by atoms with Crippen LogP contribution in [0.1, 0.15) is 11.9 Å². The van der Waals surface area contributed by atoms with Gasteiger partial charge in [0.05, 0.1) is 6.61 Å². The van der Waals surface area contributed by atoms with E-state index in [1.807, 2.05) is 4.98 Å². The summed E-state index contributed by atoms with van der Waals surface area (Å²) < 4.78 is 5.86. The number of rotatable bonds is 2. The highest BCUT2D eigenvalue weighted by atomic mass is 16.6. The Bertz CT molecular complexity index is 552. The van der Waals surface area contributed by atoms with Gasteiger partial charge in [0.2, 0.25) is 0 Å². The van der Waals surface area contributed by atoms with Gasteiger partial charge in [0.1, 0.15) is 24.0 Å². The summed E-state index contributed by atoms with van der Waals surface area (Å²) in [7, 11) is 0. The predicted octanol–water partition coefficient (Wildman–Crippen LogP) is -3.15. The van der Waals surface area contributed by atoms with Crippen LogP contribution in [0.25, 0.3) is 0 Å². The molecule has 0 saturated carbocycles. The van der Waals surface area contributed by atoms with Gasteiger partial charge in [0.25, 0.3) is 5.56 Å². The monoisotopic (exact) mass is 259 g/mol. The molecular weight excluding hydrogens is 246 g/mol. The van der Waals surface area contributed by atoms with Gasteiger partial charge in [0.15, 0.2) is 6.23 Å². The van der Waals surface area contributed by atoms with Crippen LogP contribution < -0.4 is 11.2 Å². The second kappa shape index (κ2) is 4.61. The Labute approximate surface area is 100 Å². The fourth-order valence-corrected chi connectivity index (χ4v) is 1.75. The lowest BCUT2D eigenvalue weighted by Crippen LogP contribution is -2.40. The van der Waals surface area contributed by atoms with Gasteiger partial charge in [-0.05, 0) is 6.92 Å². The van der Waals surface area contributed by atoms with Gasteiger partial charge in [-0.3, -0.25) is 9.78 Å². The molecule has 0 amide bonds. The summed E-state index contributed by atoms with van der Waals surface area (Å²) in [4.78, 5) is 24.7. The third kappa shape index (κ3) is 1.97. The average molecular weight is 259 g/mol. The summed E-state index contributed by atoms with van der Waals surface area (Å²) in [6.45, 7) is 0.877. The molecule has 18 heavy (non-hydrogen) atoms. The van der Waals surface area contributed by atoms with E-state index in [0.717, 1.165) is 4.68 Å². The van der Waals surface area contributed by atoms with E-state index in [1.54, 1.807) is 0 Å². The first-order valence-corrected chi connectivity index (χ1v) is 5.28. The standard InChI is InChI=1S/C9H13N3O6/c1-3-7(16)10-9(17)12(11-3)8-6(15)5(14)4(2-13)18-8/h4-6,8,13-15H,2H2,1H3,(H,10,16,17)/t4-,5-,6-,8?/m1/s1. The zero-order valence-corrected chi connectivity index (χ0v) is 9.48. The Morgan fingerprint density at radius 2 is 2.06 bits per heavy atom. The van der Waals surface area contributed by atoms with Crippen LogP contribution in [0, 0.1) is 6.92 Å². The first kappa shape index (κ1) is 12.9. The molecule has 9 heteroatoms. The second-order valence-electron chi connectivity index (χ2n) is 4.02. The Balaban J connectivity index is 2.42. The zero-order chi connectivity index (χ0) is 13.4. The molecule has 9 nitrogen and oxygen atoms in total. The highest BCUT2D eigenvalue weighted by Crippen LogP contribution is 2.27. The smallest absolute Gasteiger partial charge is 0.347 e. The number of H-pyrrole nitrogens is 1. The van der Waals surface area contributed by atoms with Crippen molar-refractivity contribution in [1.29, 1.82) is 0 Å². The van der Waals surface area contributed by atoms with Crippen molar-refractivity contribution in [3.8, 4) is 0 Å². The maximum atomic E-state index is 11.5. The van der Waals surface area contributed by atoms with E-state index in [2.05, 4.69) is 5.10 Å². The maximum absolute atomic E-state index is 11.5. The number of hydrogen-bond donors (Lipinski definition) is 4.